The maximum absolute atomic E-state index is 13.8. The number of amides is 1. The topological polar surface area (TPSA) is 106 Å². The summed E-state index contributed by atoms with van der Waals surface area (Å²) in [4.78, 5) is 26.6. The Bertz CT molecular complexity index is 1210. The molecule has 1 amide bonds. The maximum atomic E-state index is 13.8. The maximum Gasteiger partial charge on any atom is 0.421 e. The van der Waals surface area contributed by atoms with Crippen molar-refractivity contribution in [2.75, 3.05) is 68.5 Å². The summed E-state index contributed by atoms with van der Waals surface area (Å²) in [5.41, 5.74) is 1.12. The van der Waals surface area contributed by atoms with Crippen molar-refractivity contribution in [1.29, 1.82) is 0 Å². The minimum Gasteiger partial charge on any atom is -0.389 e. The third-order valence-corrected chi connectivity index (χ3v) is 7.88. The number of fused-ring (bicyclic) bond motifs is 2. The van der Waals surface area contributed by atoms with E-state index in [4.69, 9.17) is 4.74 Å². The number of benzene rings is 1. The van der Waals surface area contributed by atoms with E-state index in [-0.39, 0.29) is 24.2 Å². The van der Waals surface area contributed by atoms with Crippen molar-refractivity contribution in [3.63, 3.8) is 0 Å². The zero-order chi connectivity index (χ0) is 28.4. The van der Waals surface area contributed by atoms with E-state index in [2.05, 4.69) is 37.4 Å². The first kappa shape index (κ1) is 28.4. The van der Waals surface area contributed by atoms with Crippen molar-refractivity contribution in [3.05, 3.63) is 35.5 Å². The molecule has 2 bridgehead atoms. The molecule has 1 unspecified atom stereocenters. The molecule has 5 rings (SSSR count). The standard InChI is InChI=1S/C27H36F3N7O3/c1-17(38)24-21(5-3-6-22(24)37-16-18-13-19(37)15-35(18)2)33-26-32-14-20(27(28,29)30)25(34-26)31-8-4-9-36-10-12-40-11-7-23(36)39/h3,5-6,14,17-19,38H,4,7-13,15-16H2,1-2H3,(H2,31,32,33,34)/t17?,18-,19-/m1/s1. The van der Waals surface area contributed by atoms with Crippen LogP contribution in [0.25, 0.3) is 0 Å². The number of carbonyl (C=O) groups is 1. The molecule has 0 saturated carbocycles. The molecule has 3 aliphatic rings. The third kappa shape index (κ3) is 6.11. The number of likely N-dealkylation sites (tertiary alicyclic amines) is 1. The number of aromatic nitrogens is 2. The minimum atomic E-state index is -4.65. The number of piperazine rings is 1. The number of anilines is 4. The molecule has 10 nitrogen and oxygen atoms in total. The molecule has 3 fully saturated rings. The fourth-order valence-corrected chi connectivity index (χ4v) is 5.85. The lowest BCUT2D eigenvalue weighted by atomic mass is 10.0. The molecule has 0 aliphatic carbocycles. The molecular weight excluding hydrogens is 527 g/mol. The summed E-state index contributed by atoms with van der Waals surface area (Å²) in [7, 11) is 2.12. The van der Waals surface area contributed by atoms with Gasteiger partial charge in [0.15, 0.2) is 0 Å². The highest BCUT2D eigenvalue weighted by Gasteiger charge is 2.42. The molecule has 3 N–H and O–H groups in total. The summed E-state index contributed by atoms with van der Waals surface area (Å²) >= 11 is 0. The average Bonchev–Trinajstić information content (AvgIpc) is 3.41. The number of halogens is 3. The number of likely N-dealkylation sites (N-methyl/N-ethyl adjacent to an activating group) is 1. The molecule has 3 atom stereocenters. The number of aliphatic hydroxyl groups excluding tert-OH is 1. The van der Waals surface area contributed by atoms with Crippen LogP contribution < -0.4 is 15.5 Å². The van der Waals surface area contributed by atoms with Gasteiger partial charge in [0.05, 0.1) is 25.7 Å². The van der Waals surface area contributed by atoms with Gasteiger partial charge < -0.3 is 30.3 Å². The van der Waals surface area contributed by atoms with Crippen molar-refractivity contribution in [1.82, 2.24) is 19.8 Å². The zero-order valence-electron chi connectivity index (χ0n) is 22.7. The van der Waals surface area contributed by atoms with Gasteiger partial charge in [0.25, 0.3) is 0 Å². The molecule has 40 heavy (non-hydrogen) atoms. The van der Waals surface area contributed by atoms with E-state index in [1.54, 1.807) is 17.9 Å². The molecular formula is C27H36F3N7O3. The van der Waals surface area contributed by atoms with Crippen molar-refractivity contribution >= 4 is 29.0 Å². The summed E-state index contributed by atoms with van der Waals surface area (Å²) in [6.07, 6.45) is -2.91. The van der Waals surface area contributed by atoms with E-state index in [0.717, 1.165) is 31.4 Å². The van der Waals surface area contributed by atoms with E-state index in [0.29, 0.717) is 62.5 Å². The van der Waals surface area contributed by atoms with Gasteiger partial charge in [0, 0.05) is 67.9 Å². The number of alkyl halides is 3. The molecule has 0 spiro atoms. The van der Waals surface area contributed by atoms with Crippen molar-refractivity contribution in [2.45, 2.75) is 50.6 Å². The fourth-order valence-electron chi connectivity index (χ4n) is 5.85. The summed E-state index contributed by atoms with van der Waals surface area (Å²) in [6, 6.07) is 6.40. The highest BCUT2D eigenvalue weighted by Crippen LogP contribution is 2.41. The summed E-state index contributed by atoms with van der Waals surface area (Å²) in [6.45, 7) is 5.36. The van der Waals surface area contributed by atoms with Crippen LogP contribution in [0.5, 0.6) is 0 Å². The lowest BCUT2D eigenvalue weighted by Crippen LogP contribution is -2.45. The second-order valence-electron chi connectivity index (χ2n) is 10.7. The van der Waals surface area contributed by atoms with Gasteiger partial charge in [-0.2, -0.15) is 18.2 Å². The highest BCUT2D eigenvalue weighted by molar-refractivity contribution is 5.76. The first-order chi connectivity index (χ1) is 19.1. The van der Waals surface area contributed by atoms with Gasteiger partial charge >= 0.3 is 6.18 Å². The largest absolute Gasteiger partial charge is 0.421 e. The van der Waals surface area contributed by atoms with E-state index < -0.39 is 17.8 Å². The first-order valence-electron chi connectivity index (χ1n) is 13.7. The smallest absolute Gasteiger partial charge is 0.389 e. The molecule has 3 saturated heterocycles. The van der Waals surface area contributed by atoms with Crippen LogP contribution in [0.2, 0.25) is 0 Å². The van der Waals surface area contributed by atoms with E-state index >= 15 is 0 Å². The van der Waals surface area contributed by atoms with Crippen LogP contribution in [0.1, 0.15) is 43.4 Å². The Hall–Kier alpha value is -3.16. The Kier molecular flexibility index (Phi) is 8.34. The minimum absolute atomic E-state index is 0.0166. The van der Waals surface area contributed by atoms with Gasteiger partial charge in [-0.05, 0) is 38.9 Å². The van der Waals surface area contributed by atoms with Crippen molar-refractivity contribution in [3.8, 4) is 0 Å². The number of rotatable bonds is 9. The van der Waals surface area contributed by atoms with Crippen LogP contribution >= 0.6 is 0 Å². The van der Waals surface area contributed by atoms with Gasteiger partial charge in [0.1, 0.15) is 11.4 Å². The lowest BCUT2D eigenvalue weighted by molar-refractivity contribution is -0.137. The van der Waals surface area contributed by atoms with E-state index in [1.165, 1.54) is 0 Å². The Morgan fingerprint density at radius 2 is 2.05 bits per heavy atom. The van der Waals surface area contributed by atoms with Crippen molar-refractivity contribution < 1.29 is 27.8 Å². The molecule has 4 heterocycles. The van der Waals surface area contributed by atoms with Gasteiger partial charge in [-0.1, -0.05) is 6.07 Å². The predicted octanol–water partition coefficient (Wildman–Crippen LogP) is 3.24. The number of hydrogen-bond donors (Lipinski definition) is 3. The van der Waals surface area contributed by atoms with Crippen LogP contribution in [-0.4, -0.2) is 95.9 Å². The molecule has 1 aromatic carbocycles. The Labute approximate surface area is 231 Å². The van der Waals surface area contributed by atoms with Crippen LogP contribution in [0.15, 0.2) is 24.4 Å². The zero-order valence-corrected chi connectivity index (χ0v) is 22.7. The molecule has 2 aromatic rings. The van der Waals surface area contributed by atoms with Crippen LogP contribution in [0.3, 0.4) is 0 Å². The van der Waals surface area contributed by atoms with Crippen LogP contribution in [0, 0.1) is 0 Å². The highest BCUT2D eigenvalue weighted by atomic mass is 19.4. The average molecular weight is 564 g/mol. The SMILES string of the molecule is CC(O)c1c(Nc2ncc(C(F)(F)F)c(NCCCN3CCOCCC3=O)n2)cccc1N1C[C@H]2C[C@@H]1CN2C. The molecule has 13 heteroatoms. The number of nitrogens with zero attached hydrogens (tertiary/aromatic N) is 5. The van der Waals surface area contributed by atoms with E-state index in [9.17, 15) is 23.1 Å². The van der Waals surface area contributed by atoms with Gasteiger partial charge in [-0.3, -0.25) is 9.69 Å². The van der Waals surface area contributed by atoms with Gasteiger partial charge in [-0.15, -0.1) is 0 Å². The number of aliphatic hydroxyl groups is 1. The Balaban J connectivity index is 1.33. The van der Waals surface area contributed by atoms with E-state index in [1.807, 2.05) is 12.1 Å². The number of nitrogens with one attached hydrogen (secondary N) is 2. The monoisotopic (exact) mass is 563 g/mol. The summed E-state index contributed by atoms with van der Waals surface area (Å²) < 4.78 is 46.6. The molecule has 0 radical (unpaired) electrons. The predicted molar refractivity (Wildman–Crippen MR) is 145 cm³/mol. The molecule has 218 valence electrons. The number of hydrogen-bond acceptors (Lipinski definition) is 9. The molecule has 1 aromatic heterocycles. The molecule has 3 aliphatic heterocycles. The summed E-state index contributed by atoms with van der Waals surface area (Å²) in [5, 5.41) is 16.6. The van der Waals surface area contributed by atoms with Crippen LogP contribution in [-0.2, 0) is 15.7 Å². The van der Waals surface area contributed by atoms with Crippen LogP contribution in [0.4, 0.5) is 36.3 Å². The lowest BCUT2D eigenvalue weighted by Gasteiger charge is -2.35. The van der Waals surface area contributed by atoms with Gasteiger partial charge in [0.2, 0.25) is 11.9 Å². The number of ether oxygens (including phenoxy) is 1. The Morgan fingerprint density at radius 3 is 2.75 bits per heavy atom. The van der Waals surface area contributed by atoms with Crippen molar-refractivity contribution in [2.24, 2.45) is 0 Å². The second kappa shape index (κ2) is 11.8. The Morgan fingerprint density at radius 1 is 1.23 bits per heavy atom. The first-order valence-corrected chi connectivity index (χ1v) is 13.7. The number of carbonyl (C=O) groups excluding carboxylic acids is 1. The van der Waals surface area contributed by atoms with Gasteiger partial charge in [-0.25, -0.2) is 4.98 Å². The normalized spacial score (nSPS) is 22.5. The quantitative estimate of drug-likeness (QED) is 0.397. The fraction of sp³-hybridized carbons (Fsp3) is 0.593. The second-order valence-corrected chi connectivity index (χ2v) is 10.7. The third-order valence-electron chi connectivity index (χ3n) is 7.88. The summed E-state index contributed by atoms with van der Waals surface area (Å²) in [5.74, 6) is -0.380.